The number of carbonyl (C=O) groups excluding carboxylic acids is 1. The first-order valence-corrected chi connectivity index (χ1v) is 7.15. The zero-order valence-corrected chi connectivity index (χ0v) is 13.3. The van der Waals surface area contributed by atoms with Crippen molar-refractivity contribution in [3.05, 3.63) is 67.9 Å². The van der Waals surface area contributed by atoms with E-state index in [9.17, 15) is 22.4 Å². The molecule has 0 aliphatic carbocycles. The molecule has 0 aliphatic rings. The minimum atomic E-state index is -4.85. The van der Waals surface area contributed by atoms with Gasteiger partial charge in [-0.3, -0.25) is 4.79 Å². The highest BCUT2D eigenvalue weighted by atomic mass is 79.9. The molecule has 0 amide bonds. The highest BCUT2D eigenvalue weighted by Crippen LogP contribution is 2.33. The average Bonchev–Trinajstić information content (AvgIpc) is 2.40. The van der Waals surface area contributed by atoms with Crippen molar-refractivity contribution >= 4 is 37.6 Å². The van der Waals surface area contributed by atoms with E-state index >= 15 is 0 Å². The van der Waals surface area contributed by atoms with Gasteiger partial charge in [0, 0.05) is 20.1 Å². The van der Waals surface area contributed by atoms with Crippen molar-refractivity contribution in [3.63, 3.8) is 0 Å². The van der Waals surface area contributed by atoms with Crippen LogP contribution in [0.5, 0.6) is 0 Å². The van der Waals surface area contributed by atoms with Crippen LogP contribution in [0.2, 0.25) is 0 Å². The molecule has 21 heavy (non-hydrogen) atoms. The summed E-state index contributed by atoms with van der Waals surface area (Å²) in [5, 5.41) is 0. The summed E-state index contributed by atoms with van der Waals surface area (Å²) in [5.74, 6) is -2.04. The lowest BCUT2D eigenvalue weighted by Gasteiger charge is -2.10. The maximum absolute atomic E-state index is 13.2. The van der Waals surface area contributed by atoms with Crippen LogP contribution in [-0.4, -0.2) is 5.78 Å². The molecular weight excluding hydrogens is 420 g/mol. The van der Waals surface area contributed by atoms with Gasteiger partial charge in [-0.15, -0.1) is 0 Å². The van der Waals surface area contributed by atoms with Crippen LogP contribution in [0.25, 0.3) is 0 Å². The van der Waals surface area contributed by atoms with Crippen LogP contribution >= 0.6 is 31.9 Å². The van der Waals surface area contributed by atoms with E-state index in [4.69, 9.17) is 0 Å². The Morgan fingerprint density at radius 1 is 1.00 bits per heavy atom. The highest BCUT2D eigenvalue weighted by Gasteiger charge is 2.34. The first kappa shape index (κ1) is 16.2. The number of rotatable bonds is 2. The first-order valence-electron chi connectivity index (χ1n) is 5.56. The van der Waals surface area contributed by atoms with Crippen LogP contribution in [-0.2, 0) is 6.18 Å². The van der Waals surface area contributed by atoms with Crippen LogP contribution in [0.3, 0.4) is 0 Å². The summed E-state index contributed by atoms with van der Waals surface area (Å²) < 4.78 is 52.3. The Labute approximate surface area is 134 Å². The van der Waals surface area contributed by atoms with Gasteiger partial charge < -0.3 is 0 Å². The minimum absolute atomic E-state index is 0.184. The predicted molar refractivity (Wildman–Crippen MR) is 76.7 cm³/mol. The van der Waals surface area contributed by atoms with Crippen LogP contribution in [0, 0.1) is 5.82 Å². The Kier molecular flexibility index (Phi) is 4.53. The van der Waals surface area contributed by atoms with Crippen molar-refractivity contribution in [2.24, 2.45) is 0 Å². The standard InChI is InChI=1S/C14H6Br2F4O/c15-8-2-3-11(16)9(6-8)13(21)7-1-4-12(17)10(5-7)14(18,19)20/h1-6H. The molecule has 0 heterocycles. The number of benzene rings is 2. The fraction of sp³-hybridized carbons (Fsp3) is 0.0714. The zero-order valence-electron chi connectivity index (χ0n) is 10.1. The zero-order chi connectivity index (χ0) is 15.8. The number of halogens is 6. The summed E-state index contributed by atoms with van der Waals surface area (Å²) >= 11 is 6.34. The summed E-state index contributed by atoms with van der Waals surface area (Å²) in [6, 6.07) is 6.93. The van der Waals surface area contributed by atoms with Gasteiger partial charge in [-0.1, -0.05) is 31.9 Å². The van der Waals surface area contributed by atoms with E-state index in [0.29, 0.717) is 21.1 Å². The largest absolute Gasteiger partial charge is 0.419 e. The Morgan fingerprint density at radius 2 is 1.67 bits per heavy atom. The number of carbonyl (C=O) groups is 1. The van der Waals surface area contributed by atoms with Crippen molar-refractivity contribution in [1.82, 2.24) is 0 Å². The third-order valence-electron chi connectivity index (χ3n) is 2.71. The van der Waals surface area contributed by atoms with Gasteiger partial charge in [0.2, 0.25) is 0 Å². The van der Waals surface area contributed by atoms with Crippen LogP contribution < -0.4 is 0 Å². The van der Waals surface area contributed by atoms with E-state index in [0.717, 1.165) is 6.07 Å². The quantitative estimate of drug-likeness (QED) is 0.452. The molecule has 1 nitrogen and oxygen atoms in total. The molecule has 0 spiro atoms. The van der Waals surface area contributed by atoms with Gasteiger partial charge in [0.05, 0.1) is 5.56 Å². The summed E-state index contributed by atoms with van der Waals surface area (Å²) in [7, 11) is 0. The van der Waals surface area contributed by atoms with Crippen molar-refractivity contribution in [2.75, 3.05) is 0 Å². The average molecular weight is 426 g/mol. The second-order valence-electron chi connectivity index (χ2n) is 4.15. The third-order valence-corrected chi connectivity index (χ3v) is 3.89. The molecule has 2 aromatic rings. The molecule has 0 saturated heterocycles. The van der Waals surface area contributed by atoms with E-state index in [1.165, 1.54) is 6.07 Å². The van der Waals surface area contributed by atoms with Crippen molar-refractivity contribution in [2.45, 2.75) is 6.18 Å². The Morgan fingerprint density at radius 3 is 2.29 bits per heavy atom. The molecule has 2 aromatic carbocycles. The first-order chi connectivity index (χ1) is 9.70. The fourth-order valence-electron chi connectivity index (χ4n) is 1.71. The normalized spacial score (nSPS) is 11.5. The summed E-state index contributed by atoms with van der Waals surface area (Å²) in [6.45, 7) is 0. The SMILES string of the molecule is O=C(c1ccc(F)c(C(F)(F)F)c1)c1cc(Br)ccc1Br. The summed E-state index contributed by atoms with van der Waals surface area (Å²) in [6.07, 6.45) is -4.85. The Bertz CT molecular complexity index is 711. The molecule has 2 rings (SSSR count). The fourth-order valence-corrected chi connectivity index (χ4v) is 2.50. The van der Waals surface area contributed by atoms with Crippen LogP contribution in [0.15, 0.2) is 45.3 Å². The second kappa shape index (κ2) is 5.88. The maximum Gasteiger partial charge on any atom is 0.419 e. The van der Waals surface area contributed by atoms with Crippen LogP contribution in [0.4, 0.5) is 17.6 Å². The van der Waals surface area contributed by atoms with E-state index in [-0.39, 0.29) is 11.1 Å². The molecule has 0 aromatic heterocycles. The number of alkyl halides is 3. The molecule has 0 unspecified atom stereocenters. The predicted octanol–water partition coefficient (Wildman–Crippen LogP) is 5.60. The lowest BCUT2D eigenvalue weighted by molar-refractivity contribution is -0.140. The molecule has 0 saturated carbocycles. The molecular formula is C14H6Br2F4O. The summed E-state index contributed by atoms with van der Waals surface area (Å²) in [4.78, 5) is 12.3. The van der Waals surface area contributed by atoms with Gasteiger partial charge in [0.15, 0.2) is 5.78 Å². The molecule has 0 fully saturated rings. The van der Waals surface area contributed by atoms with Gasteiger partial charge in [0.1, 0.15) is 5.82 Å². The molecule has 0 N–H and O–H groups in total. The third kappa shape index (κ3) is 3.52. The monoisotopic (exact) mass is 424 g/mol. The summed E-state index contributed by atoms with van der Waals surface area (Å²) in [5.41, 5.74) is -1.51. The van der Waals surface area contributed by atoms with Gasteiger partial charge in [-0.2, -0.15) is 13.2 Å². The Balaban J connectivity index is 2.52. The Hall–Kier alpha value is -1.21. The van der Waals surface area contributed by atoms with E-state index in [1.807, 2.05) is 0 Å². The number of ketones is 1. The minimum Gasteiger partial charge on any atom is -0.289 e. The molecule has 0 bridgehead atoms. The van der Waals surface area contributed by atoms with Gasteiger partial charge in [-0.05, 0) is 36.4 Å². The lowest BCUT2D eigenvalue weighted by atomic mass is 10.0. The van der Waals surface area contributed by atoms with Gasteiger partial charge in [0.25, 0.3) is 0 Å². The molecule has 7 heteroatoms. The van der Waals surface area contributed by atoms with E-state index < -0.39 is 23.3 Å². The smallest absolute Gasteiger partial charge is 0.289 e. The molecule has 0 radical (unpaired) electrons. The molecule has 0 aliphatic heterocycles. The van der Waals surface area contributed by atoms with Crippen molar-refractivity contribution in [1.29, 1.82) is 0 Å². The number of hydrogen-bond donors (Lipinski definition) is 0. The van der Waals surface area contributed by atoms with Crippen molar-refractivity contribution < 1.29 is 22.4 Å². The van der Waals surface area contributed by atoms with E-state index in [2.05, 4.69) is 31.9 Å². The maximum atomic E-state index is 13.2. The highest BCUT2D eigenvalue weighted by molar-refractivity contribution is 9.11. The molecule has 110 valence electrons. The topological polar surface area (TPSA) is 17.1 Å². The number of hydrogen-bond acceptors (Lipinski definition) is 1. The van der Waals surface area contributed by atoms with Crippen LogP contribution in [0.1, 0.15) is 21.5 Å². The molecule has 0 atom stereocenters. The van der Waals surface area contributed by atoms with Crippen molar-refractivity contribution in [3.8, 4) is 0 Å². The lowest BCUT2D eigenvalue weighted by Crippen LogP contribution is -2.11. The van der Waals surface area contributed by atoms with Gasteiger partial charge >= 0.3 is 6.18 Å². The second-order valence-corrected chi connectivity index (χ2v) is 5.92. The van der Waals surface area contributed by atoms with Gasteiger partial charge in [-0.25, -0.2) is 4.39 Å². The van der Waals surface area contributed by atoms with E-state index in [1.54, 1.807) is 12.1 Å².